The Kier molecular flexibility index (Phi) is 7.10. The van der Waals surface area contributed by atoms with Crippen LogP contribution in [0.3, 0.4) is 0 Å². The number of morpholine rings is 1. The van der Waals surface area contributed by atoms with E-state index in [4.69, 9.17) is 4.74 Å². The van der Waals surface area contributed by atoms with E-state index in [1.54, 1.807) is 0 Å². The van der Waals surface area contributed by atoms with Crippen molar-refractivity contribution in [3.8, 4) is 0 Å². The van der Waals surface area contributed by atoms with Crippen LogP contribution in [0, 0.1) is 0 Å². The molecule has 0 radical (unpaired) electrons. The van der Waals surface area contributed by atoms with Gasteiger partial charge >= 0.3 is 0 Å². The molecule has 0 aliphatic carbocycles. The summed E-state index contributed by atoms with van der Waals surface area (Å²) in [5.74, 6) is 0.133. The number of hydrogen-bond donors (Lipinski definition) is 2. The van der Waals surface area contributed by atoms with Gasteiger partial charge in [0.2, 0.25) is 10.0 Å². The van der Waals surface area contributed by atoms with Crippen molar-refractivity contribution >= 4 is 10.0 Å². The van der Waals surface area contributed by atoms with Gasteiger partial charge in [-0.15, -0.1) is 0 Å². The van der Waals surface area contributed by atoms with Gasteiger partial charge in [0, 0.05) is 38.8 Å². The number of ether oxygens (including phenoxy) is 1. The summed E-state index contributed by atoms with van der Waals surface area (Å²) in [6, 6.07) is 0.313. The molecule has 6 nitrogen and oxygen atoms in total. The molecule has 0 aromatic heterocycles. The molecule has 18 heavy (non-hydrogen) atoms. The van der Waals surface area contributed by atoms with Crippen molar-refractivity contribution in [2.45, 2.75) is 19.9 Å². The first kappa shape index (κ1) is 15.8. The van der Waals surface area contributed by atoms with E-state index >= 15 is 0 Å². The molecule has 1 fully saturated rings. The molecule has 2 N–H and O–H groups in total. The van der Waals surface area contributed by atoms with Crippen molar-refractivity contribution in [3.63, 3.8) is 0 Å². The molecule has 1 saturated heterocycles. The van der Waals surface area contributed by atoms with E-state index in [9.17, 15) is 8.42 Å². The normalized spacial score (nSPS) is 18.4. The SMILES string of the molecule is CC(C)NCCS(=O)(=O)NCCN1CCOCC1. The van der Waals surface area contributed by atoms with E-state index in [0.717, 1.165) is 32.8 Å². The summed E-state index contributed by atoms with van der Waals surface area (Å²) in [5, 5.41) is 3.10. The van der Waals surface area contributed by atoms with Crippen LogP contribution < -0.4 is 10.0 Å². The van der Waals surface area contributed by atoms with E-state index < -0.39 is 10.0 Å². The number of hydrogen-bond acceptors (Lipinski definition) is 5. The molecule has 0 aromatic rings. The minimum Gasteiger partial charge on any atom is -0.379 e. The lowest BCUT2D eigenvalue weighted by Crippen LogP contribution is -2.42. The first-order valence-electron chi connectivity index (χ1n) is 6.50. The van der Waals surface area contributed by atoms with Crippen LogP contribution in [-0.4, -0.2) is 71.0 Å². The van der Waals surface area contributed by atoms with Crippen molar-refractivity contribution < 1.29 is 13.2 Å². The van der Waals surface area contributed by atoms with E-state index in [-0.39, 0.29) is 5.75 Å². The van der Waals surface area contributed by atoms with Crippen LogP contribution in [0.1, 0.15) is 13.8 Å². The molecule has 0 saturated carbocycles. The Morgan fingerprint density at radius 2 is 1.89 bits per heavy atom. The summed E-state index contributed by atoms with van der Waals surface area (Å²) in [5.41, 5.74) is 0. The van der Waals surface area contributed by atoms with Crippen molar-refractivity contribution in [1.82, 2.24) is 14.9 Å². The molecule has 0 amide bonds. The molecule has 1 aliphatic rings. The summed E-state index contributed by atoms with van der Waals surface area (Å²) >= 11 is 0. The lowest BCUT2D eigenvalue weighted by Gasteiger charge is -2.26. The summed E-state index contributed by atoms with van der Waals surface area (Å²) in [4.78, 5) is 2.21. The third kappa shape index (κ3) is 7.27. The zero-order valence-corrected chi connectivity index (χ0v) is 12.1. The lowest BCUT2D eigenvalue weighted by molar-refractivity contribution is 0.0390. The molecule has 1 heterocycles. The Hall–Kier alpha value is -0.210. The number of rotatable bonds is 8. The third-order valence-electron chi connectivity index (χ3n) is 2.78. The van der Waals surface area contributed by atoms with Gasteiger partial charge in [-0.2, -0.15) is 0 Å². The van der Waals surface area contributed by atoms with Crippen molar-refractivity contribution in [2.24, 2.45) is 0 Å². The second-order valence-electron chi connectivity index (χ2n) is 4.78. The van der Waals surface area contributed by atoms with E-state index in [1.165, 1.54) is 0 Å². The molecule has 7 heteroatoms. The average Bonchev–Trinajstić information content (AvgIpc) is 2.29. The molecule has 0 aromatic carbocycles. The summed E-state index contributed by atoms with van der Waals surface area (Å²) in [7, 11) is -3.15. The van der Waals surface area contributed by atoms with Gasteiger partial charge in [-0.05, 0) is 0 Å². The molecule has 0 spiro atoms. The monoisotopic (exact) mass is 279 g/mol. The Balaban J connectivity index is 2.12. The van der Waals surface area contributed by atoms with Crippen molar-refractivity contribution in [2.75, 3.05) is 51.7 Å². The second kappa shape index (κ2) is 8.06. The molecule has 1 rings (SSSR count). The molecular formula is C11H25N3O3S. The van der Waals surface area contributed by atoms with Gasteiger partial charge in [0.15, 0.2) is 0 Å². The molecule has 1 aliphatic heterocycles. The largest absolute Gasteiger partial charge is 0.379 e. The minimum atomic E-state index is -3.15. The van der Waals surface area contributed by atoms with Crippen LogP contribution in [0.2, 0.25) is 0 Å². The summed E-state index contributed by atoms with van der Waals surface area (Å²) in [6.07, 6.45) is 0. The van der Waals surface area contributed by atoms with Gasteiger partial charge in [0.25, 0.3) is 0 Å². The molecule has 0 unspecified atom stereocenters. The van der Waals surface area contributed by atoms with Gasteiger partial charge in [-0.25, -0.2) is 13.1 Å². The maximum Gasteiger partial charge on any atom is 0.212 e. The lowest BCUT2D eigenvalue weighted by atomic mass is 10.4. The summed E-state index contributed by atoms with van der Waals surface area (Å²) in [6.45, 7) is 8.97. The topological polar surface area (TPSA) is 70.7 Å². The van der Waals surface area contributed by atoms with Crippen LogP contribution in [0.4, 0.5) is 0 Å². The van der Waals surface area contributed by atoms with Crippen LogP contribution in [0.15, 0.2) is 0 Å². The van der Waals surface area contributed by atoms with E-state index in [0.29, 0.717) is 19.1 Å². The Morgan fingerprint density at radius 1 is 1.22 bits per heavy atom. The zero-order chi connectivity index (χ0) is 13.4. The quantitative estimate of drug-likeness (QED) is 0.611. The van der Waals surface area contributed by atoms with Crippen LogP contribution >= 0.6 is 0 Å². The fourth-order valence-corrected chi connectivity index (χ4v) is 2.67. The smallest absolute Gasteiger partial charge is 0.212 e. The maximum absolute atomic E-state index is 11.7. The van der Waals surface area contributed by atoms with Gasteiger partial charge in [0.05, 0.1) is 19.0 Å². The zero-order valence-electron chi connectivity index (χ0n) is 11.3. The predicted octanol–water partition coefficient (Wildman–Crippen LogP) is -0.764. The van der Waals surface area contributed by atoms with Gasteiger partial charge in [-0.1, -0.05) is 13.8 Å². The highest BCUT2D eigenvalue weighted by atomic mass is 32.2. The summed E-state index contributed by atoms with van der Waals surface area (Å²) < 4.78 is 31.2. The number of nitrogens with zero attached hydrogens (tertiary/aromatic N) is 1. The highest BCUT2D eigenvalue weighted by molar-refractivity contribution is 7.89. The third-order valence-corrected chi connectivity index (χ3v) is 4.16. The molecule has 0 bridgehead atoms. The second-order valence-corrected chi connectivity index (χ2v) is 6.70. The highest BCUT2D eigenvalue weighted by Crippen LogP contribution is 1.95. The Labute approximate surface area is 110 Å². The maximum atomic E-state index is 11.7. The fraction of sp³-hybridized carbons (Fsp3) is 1.00. The first-order valence-corrected chi connectivity index (χ1v) is 8.15. The Morgan fingerprint density at radius 3 is 2.50 bits per heavy atom. The highest BCUT2D eigenvalue weighted by Gasteiger charge is 2.13. The number of nitrogens with one attached hydrogen (secondary N) is 2. The molecule has 108 valence electrons. The van der Waals surface area contributed by atoms with Crippen molar-refractivity contribution in [3.05, 3.63) is 0 Å². The van der Waals surface area contributed by atoms with Crippen LogP contribution in [-0.2, 0) is 14.8 Å². The standard InChI is InChI=1S/C11H25N3O3S/c1-11(2)12-4-10-18(15,16)13-3-5-14-6-8-17-9-7-14/h11-13H,3-10H2,1-2H3. The number of sulfonamides is 1. The first-order chi connectivity index (χ1) is 8.49. The average molecular weight is 279 g/mol. The van der Waals surface area contributed by atoms with Gasteiger partial charge < -0.3 is 10.1 Å². The van der Waals surface area contributed by atoms with Crippen LogP contribution in [0.5, 0.6) is 0 Å². The van der Waals surface area contributed by atoms with Gasteiger partial charge in [0.1, 0.15) is 0 Å². The van der Waals surface area contributed by atoms with Crippen LogP contribution in [0.25, 0.3) is 0 Å². The van der Waals surface area contributed by atoms with E-state index in [2.05, 4.69) is 14.9 Å². The van der Waals surface area contributed by atoms with E-state index in [1.807, 2.05) is 13.8 Å². The molecular weight excluding hydrogens is 254 g/mol. The minimum absolute atomic E-state index is 0.133. The predicted molar refractivity (Wildman–Crippen MR) is 72.2 cm³/mol. The Bertz CT molecular complexity index is 313. The van der Waals surface area contributed by atoms with Crippen molar-refractivity contribution in [1.29, 1.82) is 0 Å². The molecule has 0 atom stereocenters. The van der Waals surface area contributed by atoms with Gasteiger partial charge in [-0.3, -0.25) is 4.90 Å². The fourth-order valence-electron chi connectivity index (χ4n) is 1.74.